The van der Waals surface area contributed by atoms with Gasteiger partial charge in [0.25, 0.3) is 5.56 Å². The summed E-state index contributed by atoms with van der Waals surface area (Å²) in [6.07, 6.45) is 0.844. The van der Waals surface area contributed by atoms with Crippen LogP contribution in [-0.2, 0) is 23.2 Å². The highest BCUT2D eigenvalue weighted by Gasteiger charge is 2.20. The smallest absolute Gasteiger partial charge is 0.331 e. The molecule has 0 saturated carbocycles. The van der Waals surface area contributed by atoms with E-state index in [1.54, 1.807) is 18.2 Å². The zero-order chi connectivity index (χ0) is 20.8. The molecule has 10 heteroatoms. The Morgan fingerprint density at radius 1 is 1.14 bits per heavy atom. The summed E-state index contributed by atoms with van der Waals surface area (Å²) in [5, 5.41) is 11.8. The second-order valence-electron chi connectivity index (χ2n) is 5.96. The second-order valence-corrected chi connectivity index (χ2v) is 5.96. The number of amides is 1. The van der Waals surface area contributed by atoms with Gasteiger partial charge in [0, 0.05) is 19.3 Å². The number of aromatic nitrogens is 2. The van der Waals surface area contributed by atoms with Crippen LogP contribution in [0.4, 0.5) is 0 Å². The first-order valence-corrected chi connectivity index (χ1v) is 8.26. The van der Waals surface area contributed by atoms with Crippen LogP contribution in [0.1, 0.15) is 18.0 Å². The summed E-state index contributed by atoms with van der Waals surface area (Å²) in [6, 6.07) is 5.11. The van der Waals surface area contributed by atoms with Crippen LogP contribution in [0.2, 0.25) is 0 Å². The molecule has 1 unspecified atom stereocenters. The third kappa shape index (κ3) is 4.78. The second kappa shape index (κ2) is 8.89. The molecule has 0 aliphatic rings. The Morgan fingerprint density at radius 3 is 2.43 bits per heavy atom. The van der Waals surface area contributed by atoms with E-state index in [1.165, 1.54) is 27.5 Å². The van der Waals surface area contributed by atoms with E-state index in [4.69, 9.17) is 9.47 Å². The fraction of sp³-hybridized carbons (Fsp3) is 0.333. The minimum atomic E-state index is -1.11. The lowest BCUT2D eigenvalue weighted by atomic mass is 10.0. The molecule has 1 heterocycles. The fourth-order valence-corrected chi connectivity index (χ4v) is 2.63. The van der Waals surface area contributed by atoms with E-state index >= 15 is 0 Å². The minimum absolute atomic E-state index is 0.365. The zero-order valence-electron chi connectivity index (χ0n) is 15.7. The summed E-state index contributed by atoms with van der Waals surface area (Å²) >= 11 is 0. The average molecular weight is 391 g/mol. The van der Waals surface area contributed by atoms with Crippen LogP contribution < -0.4 is 26.0 Å². The summed E-state index contributed by atoms with van der Waals surface area (Å²) in [7, 11) is 4.22. The largest absolute Gasteiger partial charge is 0.493 e. The lowest BCUT2D eigenvalue weighted by Crippen LogP contribution is -2.41. The van der Waals surface area contributed by atoms with E-state index in [0.29, 0.717) is 17.1 Å². The molecule has 150 valence electrons. The molecule has 2 aromatic rings. The SMILES string of the molecule is COc1ccc(C(CC(=O)O)NC(=O)Cn2ccc(=O)n(C)c2=O)cc1OC. The number of carbonyl (C=O) groups excluding carboxylic acids is 1. The summed E-state index contributed by atoms with van der Waals surface area (Å²) in [6.45, 7) is -0.365. The predicted molar refractivity (Wildman–Crippen MR) is 98.6 cm³/mol. The van der Waals surface area contributed by atoms with E-state index in [9.17, 15) is 24.3 Å². The predicted octanol–water partition coefficient (Wildman–Crippen LogP) is -0.104. The molecule has 0 saturated heterocycles. The Labute approximate surface area is 159 Å². The van der Waals surface area contributed by atoms with Crippen LogP contribution >= 0.6 is 0 Å². The van der Waals surface area contributed by atoms with Crippen molar-refractivity contribution in [3.05, 3.63) is 56.9 Å². The lowest BCUT2D eigenvalue weighted by Gasteiger charge is -2.19. The number of hydrogen-bond acceptors (Lipinski definition) is 6. The van der Waals surface area contributed by atoms with Crippen LogP contribution in [-0.4, -0.2) is 40.3 Å². The molecule has 2 N–H and O–H groups in total. The topological polar surface area (TPSA) is 129 Å². The molecular formula is C18H21N3O7. The molecular weight excluding hydrogens is 370 g/mol. The zero-order valence-corrected chi connectivity index (χ0v) is 15.7. The Balaban J connectivity index is 2.26. The lowest BCUT2D eigenvalue weighted by molar-refractivity contribution is -0.137. The normalized spacial score (nSPS) is 11.5. The minimum Gasteiger partial charge on any atom is -0.493 e. The maximum atomic E-state index is 12.4. The van der Waals surface area contributed by atoms with E-state index in [1.807, 2.05) is 0 Å². The molecule has 10 nitrogen and oxygen atoms in total. The molecule has 1 aromatic heterocycles. The molecule has 0 radical (unpaired) electrons. The highest BCUT2D eigenvalue weighted by Crippen LogP contribution is 2.30. The average Bonchev–Trinajstić information content (AvgIpc) is 2.67. The summed E-state index contributed by atoms with van der Waals surface area (Å²) < 4.78 is 12.3. The number of ether oxygens (including phenoxy) is 2. The van der Waals surface area contributed by atoms with Crippen molar-refractivity contribution in [2.24, 2.45) is 7.05 Å². The number of carbonyl (C=O) groups is 2. The van der Waals surface area contributed by atoms with E-state index < -0.39 is 29.2 Å². The van der Waals surface area contributed by atoms with Gasteiger partial charge in [0.15, 0.2) is 11.5 Å². The number of nitrogens with zero attached hydrogens (tertiary/aromatic N) is 2. The molecule has 2 rings (SSSR count). The first-order valence-electron chi connectivity index (χ1n) is 8.26. The Kier molecular flexibility index (Phi) is 6.59. The van der Waals surface area contributed by atoms with E-state index in [0.717, 1.165) is 15.2 Å². The number of carboxylic acids is 1. The monoisotopic (exact) mass is 391 g/mol. The van der Waals surface area contributed by atoms with Crippen molar-refractivity contribution in [3.63, 3.8) is 0 Å². The van der Waals surface area contributed by atoms with Gasteiger partial charge in [-0.3, -0.25) is 23.5 Å². The first-order chi connectivity index (χ1) is 13.3. The van der Waals surface area contributed by atoms with Crippen molar-refractivity contribution in [2.75, 3.05) is 14.2 Å². The van der Waals surface area contributed by atoms with Crippen molar-refractivity contribution in [1.82, 2.24) is 14.5 Å². The molecule has 0 aliphatic heterocycles. The van der Waals surface area contributed by atoms with Crippen molar-refractivity contribution < 1.29 is 24.2 Å². The van der Waals surface area contributed by atoms with Gasteiger partial charge in [-0.1, -0.05) is 6.07 Å². The first kappa shape index (κ1) is 20.7. The number of methoxy groups -OCH3 is 2. The highest BCUT2D eigenvalue weighted by molar-refractivity contribution is 5.77. The maximum absolute atomic E-state index is 12.4. The van der Waals surface area contributed by atoms with Crippen molar-refractivity contribution in [2.45, 2.75) is 19.0 Å². The fourth-order valence-electron chi connectivity index (χ4n) is 2.63. The van der Waals surface area contributed by atoms with E-state index in [2.05, 4.69) is 5.32 Å². The number of hydrogen-bond donors (Lipinski definition) is 2. The van der Waals surface area contributed by atoms with E-state index in [-0.39, 0.29) is 13.0 Å². The number of benzene rings is 1. The number of nitrogens with one attached hydrogen (secondary N) is 1. The van der Waals surface area contributed by atoms with Crippen molar-refractivity contribution in [1.29, 1.82) is 0 Å². The molecule has 28 heavy (non-hydrogen) atoms. The van der Waals surface area contributed by atoms with Gasteiger partial charge in [0.05, 0.1) is 26.7 Å². The number of aliphatic carboxylic acids is 1. The maximum Gasteiger partial charge on any atom is 0.331 e. The Bertz CT molecular complexity index is 993. The standard InChI is InChI=1S/C18H21N3O7/c1-20-16(23)6-7-21(18(20)26)10-15(22)19-12(9-17(24)25)11-4-5-13(27-2)14(8-11)28-3/h4-8,12H,9-10H2,1-3H3,(H,19,22)(H,24,25). The molecule has 1 atom stereocenters. The highest BCUT2D eigenvalue weighted by atomic mass is 16.5. The molecule has 0 fully saturated rings. The summed E-state index contributed by atoms with van der Waals surface area (Å²) in [4.78, 5) is 47.1. The quantitative estimate of drug-likeness (QED) is 0.643. The summed E-state index contributed by atoms with van der Waals surface area (Å²) in [5.41, 5.74) is -0.638. The van der Waals surface area contributed by atoms with Crippen LogP contribution in [0.15, 0.2) is 40.1 Å². The molecule has 0 spiro atoms. The van der Waals surface area contributed by atoms with Crippen LogP contribution in [0.25, 0.3) is 0 Å². The molecule has 0 aliphatic carbocycles. The number of carboxylic acid groups (broad SMARTS) is 1. The van der Waals surface area contributed by atoms with Crippen molar-refractivity contribution >= 4 is 11.9 Å². The Morgan fingerprint density at radius 2 is 1.82 bits per heavy atom. The number of rotatable bonds is 8. The molecule has 1 aromatic carbocycles. The van der Waals surface area contributed by atoms with Gasteiger partial charge < -0.3 is 19.9 Å². The van der Waals surface area contributed by atoms with Gasteiger partial charge >= 0.3 is 11.7 Å². The van der Waals surface area contributed by atoms with Crippen molar-refractivity contribution in [3.8, 4) is 11.5 Å². The van der Waals surface area contributed by atoms with Crippen LogP contribution in [0.3, 0.4) is 0 Å². The summed E-state index contributed by atoms with van der Waals surface area (Å²) in [5.74, 6) is -0.844. The van der Waals surface area contributed by atoms with Gasteiger partial charge in [-0.2, -0.15) is 0 Å². The van der Waals surface area contributed by atoms with Gasteiger partial charge in [0.2, 0.25) is 5.91 Å². The third-order valence-electron chi connectivity index (χ3n) is 4.10. The van der Waals surface area contributed by atoms with Gasteiger partial charge in [0.1, 0.15) is 6.54 Å². The third-order valence-corrected chi connectivity index (χ3v) is 4.10. The molecule has 0 bridgehead atoms. The van der Waals surface area contributed by atoms with Gasteiger partial charge in [-0.25, -0.2) is 4.79 Å². The molecule has 1 amide bonds. The van der Waals surface area contributed by atoms with Crippen LogP contribution in [0, 0.1) is 0 Å². The van der Waals surface area contributed by atoms with Gasteiger partial charge in [-0.05, 0) is 17.7 Å². The van der Waals surface area contributed by atoms with Crippen LogP contribution in [0.5, 0.6) is 11.5 Å². The Hall–Kier alpha value is -3.56. The van der Waals surface area contributed by atoms with Gasteiger partial charge in [-0.15, -0.1) is 0 Å².